The molecule has 0 amide bonds. The van der Waals surface area contributed by atoms with E-state index in [-0.39, 0.29) is 0 Å². The Morgan fingerprint density at radius 3 is 3.00 bits per heavy atom. The fourth-order valence-corrected chi connectivity index (χ4v) is 0.862. The molecule has 1 N–H and O–H groups in total. The molecule has 0 bridgehead atoms. The highest BCUT2D eigenvalue weighted by atomic mass is 16.5. The number of hydrogen-bond acceptors (Lipinski definition) is 3. The Labute approximate surface area is 64.9 Å². The van der Waals surface area contributed by atoms with Gasteiger partial charge in [0.1, 0.15) is 0 Å². The van der Waals surface area contributed by atoms with Gasteiger partial charge in [0.25, 0.3) is 0 Å². The van der Waals surface area contributed by atoms with Crippen molar-refractivity contribution in [1.29, 1.82) is 5.41 Å². The van der Waals surface area contributed by atoms with Crippen LogP contribution in [0, 0.1) is 5.41 Å². The SMILES string of the molecule is COC(=O)C1=CC=CCC1=N. The first kappa shape index (κ1) is 7.72. The summed E-state index contributed by atoms with van der Waals surface area (Å²) in [7, 11) is 1.31. The van der Waals surface area contributed by atoms with E-state index in [1.165, 1.54) is 7.11 Å². The predicted octanol–water partition coefficient (Wildman–Crippen LogP) is 1.07. The van der Waals surface area contributed by atoms with Gasteiger partial charge in [-0.2, -0.15) is 0 Å². The van der Waals surface area contributed by atoms with E-state index in [9.17, 15) is 4.79 Å². The molecule has 58 valence electrons. The molecule has 0 radical (unpaired) electrons. The third kappa shape index (κ3) is 1.55. The molecule has 0 saturated carbocycles. The van der Waals surface area contributed by atoms with Crippen molar-refractivity contribution in [3.63, 3.8) is 0 Å². The molecule has 0 saturated heterocycles. The van der Waals surface area contributed by atoms with E-state index >= 15 is 0 Å². The lowest BCUT2D eigenvalue weighted by molar-refractivity contribution is -0.135. The first-order valence-corrected chi connectivity index (χ1v) is 3.28. The van der Waals surface area contributed by atoms with Crippen molar-refractivity contribution >= 4 is 11.7 Å². The lowest BCUT2D eigenvalue weighted by Crippen LogP contribution is -2.14. The summed E-state index contributed by atoms with van der Waals surface area (Å²) in [6.07, 6.45) is 5.69. The van der Waals surface area contributed by atoms with Crippen LogP contribution in [-0.4, -0.2) is 18.8 Å². The number of hydrogen-bond donors (Lipinski definition) is 1. The molecule has 0 fully saturated rings. The molecule has 0 aromatic heterocycles. The van der Waals surface area contributed by atoms with Gasteiger partial charge < -0.3 is 10.1 Å². The first-order valence-electron chi connectivity index (χ1n) is 3.28. The normalized spacial score (nSPS) is 16.1. The number of nitrogens with one attached hydrogen (secondary N) is 1. The molecule has 1 aliphatic carbocycles. The second kappa shape index (κ2) is 3.14. The molecule has 0 aromatic carbocycles. The maximum absolute atomic E-state index is 10.9. The Hall–Kier alpha value is -1.38. The van der Waals surface area contributed by atoms with E-state index in [0.717, 1.165) is 0 Å². The zero-order valence-electron chi connectivity index (χ0n) is 6.26. The number of esters is 1. The Morgan fingerprint density at radius 1 is 1.73 bits per heavy atom. The maximum Gasteiger partial charge on any atom is 0.339 e. The van der Waals surface area contributed by atoms with Crippen LogP contribution in [-0.2, 0) is 9.53 Å². The van der Waals surface area contributed by atoms with Gasteiger partial charge in [0.15, 0.2) is 0 Å². The number of carbonyl (C=O) groups is 1. The van der Waals surface area contributed by atoms with Crippen LogP contribution in [0.5, 0.6) is 0 Å². The summed E-state index contributed by atoms with van der Waals surface area (Å²) in [4.78, 5) is 10.9. The van der Waals surface area contributed by atoms with Crippen LogP contribution < -0.4 is 0 Å². The molecule has 3 nitrogen and oxygen atoms in total. The minimum Gasteiger partial charge on any atom is -0.465 e. The van der Waals surface area contributed by atoms with E-state index in [4.69, 9.17) is 5.41 Å². The van der Waals surface area contributed by atoms with Gasteiger partial charge in [0.2, 0.25) is 0 Å². The Morgan fingerprint density at radius 2 is 2.45 bits per heavy atom. The molecule has 0 spiro atoms. The van der Waals surface area contributed by atoms with Crippen LogP contribution in [0.15, 0.2) is 23.8 Å². The summed E-state index contributed by atoms with van der Waals surface area (Å²) in [5, 5.41) is 7.36. The number of methoxy groups -OCH3 is 1. The zero-order chi connectivity index (χ0) is 8.27. The maximum atomic E-state index is 10.9. The topological polar surface area (TPSA) is 50.2 Å². The molecule has 0 unspecified atom stereocenters. The summed E-state index contributed by atoms with van der Waals surface area (Å²) in [5.74, 6) is -0.431. The third-order valence-corrected chi connectivity index (χ3v) is 1.45. The van der Waals surface area contributed by atoms with Crippen LogP contribution in [0.4, 0.5) is 0 Å². The molecule has 1 rings (SSSR count). The van der Waals surface area contributed by atoms with Crippen molar-refractivity contribution in [2.75, 3.05) is 7.11 Å². The summed E-state index contributed by atoms with van der Waals surface area (Å²) in [5.41, 5.74) is 0.675. The molecular weight excluding hydrogens is 142 g/mol. The first-order chi connectivity index (χ1) is 5.25. The zero-order valence-corrected chi connectivity index (χ0v) is 6.26. The van der Waals surface area contributed by atoms with Gasteiger partial charge in [0.05, 0.1) is 12.7 Å². The molecule has 0 atom stereocenters. The van der Waals surface area contributed by atoms with Crippen molar-refractivity contribution in [2.45, 2.75) is 6.42 Å². The van der Waals surface area contributed by atoms with E-state index in [0.29, 0.717) is 17.7 Å². The summed E-state index contributed by atoms with van der Waals surface area (Å²) in [6, 6.07) is 0. The van der Waals surface area contributed by atoms with E-state index in [2.05, 4.69) is 4.74 Å². The van der Waals surface area contributed by atoms with Crippen molar-refractivity contribution in [2.24, 2.45) is 0 Å². The molecule has 11 heavy (non-hydrogen) atoms. The van der Waals surface area contributed by atoms with Crippen molar-refractivity contribution in [3.05, 3.63) is 23.8 Å². The van der Waals surface area contributed by atoms with Crippen LogP contribution in [0.25, 0.3) is 0 Å². The smallest absolute Gasteiger partial charge is 0.339 e. The largest absolute Gasteiger partial charge is 0.465 e. The van der Waals surface area contributed by atoms with E-state index in [1.807, 2.05) is 6.08 Å². The van der Waals surface area contributed by atoms with Crippen molar-refractivity contribution < 1.29 is 9.53 Å². The second-order valence-corrected chi connectivity index (χ2v) is 2.18. The number of rotatable bonds is 1. The van der Waals surface area contributed by atoms with E-state index in [1.54, 1.807) is 12.2 Å². The summed E-state index contributed by atoms with van der Waals surface area (Å²) in [6.45, 7) is 0. The lowest BCUT2D eigenvalue weighted by atomic mass is 10.0. The Balaban J connectivity index is 2.84. The molecule has 1 aliphatic rings. The fourth-order valence-electron chi connectivity index (χ4n) is 0.862. The average Bonchev–Trinajstić information content (AvgIpc) is 2.04. The molecule has 0 aromatic rings. The highest BCUT2D eigenvalue weighted by Gasteiger charge is 2.14. The summed E-state index contributed by atoms with van der Waals surface area (Å²) < 4.78 is 4.48. The average molecular weight is 151 g/mol. The predicted molar refractivity (Wildman–Crippen MR) is 41.6 cm³/mol. The molecule has 0 aliphatic heterocycles. The Bertz CT molecular complexity index is 251. The van der Waals surface area contributed by atoms with Gasteiger partial charge in [-0.05, 0) is 6.08 Å². The number of carbonyl (C=O) groups excluding carboxylic acids is 1. The van der Waals surface area contributed by atoms with Gasteiger partial charge >= 0.3 is 5.97 Å². The van der Waals surface area contributed by atoms with Gasteiger partial charge in [0, 0.05) is 12.1 Å². The van der Waals surface area contributed by atoms with Gasteiger partial charge in [-0.25, -0.2) is 4.79 Å². The van der Waals surface area contributed by atoms with Crippen molar-refractivity contribution in [3.8, 4) is 0 Å². The highest BCUT2D eigenvalue weighted by Crippen LogP contribution is 2.09. The van der Waals surface area contributed by atoms with Gasteiger partial charge in [-0.3, -0.25) is 0 Å². The lowest BCUT2D eigenvalue weighted by Gasteiger charge is -2.06. The number of allylic oxidation sites excluding steroid dienone is 3. The summed E-state index contributed by atoms with van der Waals surface area (Å²) >= 11 is 0. The monoisotopic (exact) mass is 151 g/mol. The van der Waals surface area contributed by atoms with Crippen LogP contribution in [0.3, 0.4) is 0 Å². The second-order valence-electron chi connectivity index (χ2n) is 2.18. The molecule has 3 heteroatoms. The minimum absolute atomic E-state index is 0.319. The van der Waals surface area contributed by atoms with Gasteiger partial charge in [-0.15, -0.1) is 0 Å². The minimum atomic E-state index is -0.431. The molecular formula is C8H9NO2. The van der Waals surface area contributed by atoms with Gasteiger partial charge in [-0.1, -0.05) is 12.2 Å². The standard InChI is InChI=1S/C8H9NO2/c1-11-8(10)6-4-2-3-5-7(6)9/h2-4,9H,5H2,1H3. The number of ether oxygens (including phenoxy) is 1. The Kier molecular flexibility index (Phi) is 2.21. The van der Waals surface area contributed by atoms with E-state index < -0.39 is 5.97 Å². The van der Waals surface area contributed by atoms with Crippen LogP contribution in [0.1, 0.15) is 6.42 Å². The fraction of sp³-hybridized carbons (Fsp3) is 0.250. The molecule has 0 heterocycles. The third-order valence-electron chi connectivity index (χ3n) is 1.45. The quantitative estimate of drug-likeness (QED) is 0.570. The van der Waals surface area contributed by atoms with Crippen LogP contribution in [0.2, 0.25) is 0 Å². The highest BCUT2D eigenvalue weighted by molar-refractivity contribution is 6.19. The van der Waals surface area contributed by atoms with Crippen LogP contribution >= 0.6 is 0 Å². The van der Waals surface area contributed by atoms with Crippen molar-refractivity contribution in [1.82, 2.24) is 0 Å².